The average Bonchev–Trinajstić information content (AvgIpc) is 2.25. The topological polar surface area (TPSA) is 62.1 Å². The smallest absolute Gasteiger partial charge is 0.338 e. The predicted octanol–water partition coefficient (Wildman–Crippen LogP) is 1.61. The summed E-state index contributed by atoms with van der Waals surface area (Å²) in [7, 11) is 5.09. The van der Waals surface area contributed by atoms with E-state index in [1.165, 1.54) is 19.5 Å². The molecule has 0 bridgehead atoms. The van der Waals surface area contributed by atoms with Gasteiger partial charge in [0, 0.05) is 14.1 Å². The number of benzene rings is 1. The highest BCUT2D eigenvalue weighted by atomic mass is 16.5. The van der Waals surface area contributed by atoms with Crippen molar-refractivity contribution >= 4 is 18.0 Å². The van der Waals surface area contributed by atoms with Gasteiger partial charge in [0.15, 0.2) is 0 Å². The zero-order valence-electron chi connectivity index (χ0n) is 9.47. The zero-order chi connectivity index (χ0) is 12.1. The fourth-order valence-electron chi connectivity index (χ4n) is 1.17. The maximum absolute atomic E-state index is 11.0. The molecule has 0 amide bonds. The summed E-state index contributed by atoms with van der Waals surface area (Å²) in [6.45, 7) is 0. The molecular formula is C11H14N2O3. The normalized spacial score (nSPS) is 10.4. The number of ether oxygens (including phenoxy) is 1. The van der Waals surface area contributed by atoms with Crippen molar-refractivity contribution in [2.75, 3.05) is 21.2 Å². The second-order valence-corrected chi connectivity index (χ2v) is 3.37. The number of carboxylic acid groups (broad SMARTS) is 1. The van der Waals surface area contributed by atoms with Crippen LogP contribution in [0.3, 0.4) is 0 Å². The zero-order valence-corrected chi connectivity index (χ0v) is 9.47. The number of hydrogen-bond donors (Lipinski definition) is 1. The molecule has 5 nitrogen and oxygen atoms in total. The lowest BCUT2D eigenvalue weighted by Gasteiger charge is -2.08. The Bertz CT molecular complexity index is 414. The summed E-state index contributed by atoms with van der Waals surface area (Å²) in [5.41, 5.74) is 0.448. The highest BCUT2D eigenvalue weighted by Gasteiger charge is 2.13. The van der Waals surface area contributed by atoms with Crippen LogP contribution in [-0.4, -0.2) is 43.5 Å². The number of para-hydroxylation sites is 1. The standard InChI is InChI=1S/C11H14N2O3/c1-13(2)7-12-10-8(11(14)15)5-4-6-9(10)16-3/h4-7H,1-3H3,(H,14,15). The van der Waals surface area contributed by atoms with Crippen LogP contribution in [-0.2, 0) is 0 Å². The van der Waals surface area contributed by atoms with Crippen LogP contribution >= 0.6 is 0 Å². The molecule has 0 spiro atoms. The fraction of sp³-hybridized carbons (Fsp3) is 0.273. The number of aliphatic imine (C=N–C) groups is 1. The Balaban J connectivity index is 3.25. The summed E-state index contributed by atoms with van der Waals surface area (Å²) in [5, 5.41) is 9.01. The van der Waals surface area contributed by atoms with Crippen molar-refractivity contribution in [3.8, 4) is 5.75 Å². The Morgan fingerprint density at radius 3 is 2.69 bits per heavy atom. The van der Waals surface area contributed by atoms with Crippen LogP contribution in [0.2, 0.25) is 0 Å². The van der Waals surface area contributed by atoms with E-state index in [1.807, 2.05) is 0 Å². The van der Waals surface area contributed by atoms with E-state index in [0.717, 1.165) is 0 Å². The first kappa shape index (κ1) is 12.0. The molecule has 1 aromatic rings. The number of hydrogen-bond acceptors (Lipinski definition) is 3. The molecule has 0 fully saturated rings. The van der Waals surface area contributed by atoms with Crippen LogP contribution in [0, 0.1) is 0 Å². The lowest BCUT2D eigenvalue weighted by molar-refractivity contribution is 0.0697. The Kier molecular flexibility index (Phi) is 3.88. The lowest BCUT2D eigenvalue weighted by Crippen LogP contribution is -2.07. The predicted molar refractivity (Wildman–Crippen MR) is 61.8 cm³/mol. The third-order valence-electron chi connectivity index (χ3n) is 1.87. The summed E-state index contributed by atoms with van der Waals surface area (Å²) in [4.78, 5) is 16.8. The Morgan fingerprint density at radius 1 is 1.50 bits per heavy atom. The maximum atomic E-state index is 11.0. The molecular weight excluding hydrogens is 208 g/mol. The number of carboxylic acids is 1. The van der Waals surface area contributed by atoms with Crippen molar-refractivity contribution in [2.24, 2.45) is 4.99 Å². The first-order valence-corrected chi connectivity index (χ1v) is 4.67. The van der Waals surface area contributed by atoms with Crippen molar-refractivity contribution < 1.29 is 14.6 Å². The van der Waals surface area contributed by atoms with Crippen molar-refractivity contribution in [2.45, 2.75) is 0 Å². The summed E-state index contributed by atoms with van der Waals surface area (Å²) in [6, 6.07) is 4.79. The quantitative estimate of drug-likeness (QED) is 0.621. The second-order valence-electron chi connectivity index (χ2n) is 3.37. The van der Waals surface area contributed by atoms with Crippen LogP contribution in [0.1, 0.15) is 10.4 Å². The second kappa shape index (κ2) is 5.16. The first-order valence-electron chi connectivity index (χ1n) is 4.67. The minimum atomic E-state index is -1.02. The van der Waals surface area contributed by atoms with E-state index in [0.29, 0.717) is 11.4 Å². The van der Waals surface area contributed by atoms with Gasteiger partial charge < -0.3 is 14.7 Å². The molecule has 1 N–H and O–H groups in total. The molecule has 86 valence electrons. The monoisotopic (exact) mass is 222 g/mol. The minimum Gasteiger partial charge on any atom is -0.494 e. The molecule has 0 aliphatic rings. The molecule has 1 rings (SSSR count). The number of nitrogens with zero attached hydrogens (tertiary/aromatic N) is 2. The number of rotatable bonds is 4. The Labute approximate surface area is 94.0 Å². The van der Waals surface area contributed by atoms with Crippen molar-refractivity contribution in [1.82, 2.24) is 4.90 Å². The van der Waals surface area contributed by atoms with Gasteiger partial charge in [-0.2, -0.15) is 0 Å². The van der Waals surface area contributed by atoms with E-state index in [1.54, 1.807) is 31.1 Å². The third-order valence-corrected chi connectivity index (χ3v) is 1.87. The van der Waals surface area contributed by atoms with Crippen LogP contribution in [0.5, 0.6) is 5.75 Å². The number of methoxy groups -OCH3 is 1. The number of aromatic carboxylic acids is 1. The van der Waals surface area contributed by atoms with Crippen LogP contribution in [0.15, 0.2) is 23.2 Å². The molecule has 0 atom stereocenters. The molecule has 1 aromatic carbocycles. The molecule has 0 aliphatic carbocycles. The highest BCUT2D eigenvalue weighted by molar-refractivity contribution is 5.95. The van der Waals surface area contributed by atoms with Gasteiger partial charge in [-0.1, -0.05) is 6.07 Å². The van der Waals surface area contributed by atoms with Crippen LogP contribution < -0.4 is 4.74 Å². The molecule has 0 aliphatic heterocycles. The molecule has 0 unspecified atom stereocenters. The largest absolute Gasteiger partial charge is 0.494 e. The Hall–Kier alpha value is -2.04. The molecule has 5 heteroatoms. The summed E-state index contributed by atoms with van der Waals surface area (Å²) >= 11 is 0. The van der Waals surface area contributed by atoms with Gasteiger partial charge in [-0.3, -0.25) is 0 Å². The van der Waals surface area contributed by atoms with E-state index in [2.05, 4.69) is 4.99 Å². The third kappa shape index (κ3) is 2.73. The van der Waals surface area contributed by atoms with E-state index in [9.17, 15) is 4.79 Å². The van der Waals surface area contributed by atoms with Crippen molar-refractivity contribution in [1.29, 1.82) is 0 Å². The van der Waals surface area contributed by atoms with Gasteiger partial charge in [0.25, 0.3) is 0 Å². The van der Waals surface area contributed by atoms with E-state index in [4.69, 9.17) is 9.84 Å². The maximum Gasteiger partial charge on any atom is 0.338 e. The number of carbonyl (C=O) groups is 1. The van der Waals surface area contributed by atoms with Crippen molar-refractivity contribution in [3.63, 3.8) is 0 Å². The molecule has 0 radical (unpaired) electrons. The van der Waals surface area contributed by atoms with Gasteiger partial charge in [0.05, 0.1) is 19.0 Å². The summed E-state index contributed by atoms with van der Waals surface area (Å²) in [6.07, 6.45) is 1.53. The van der Waals surface area contributed by atoms with E-state index < -0.39 is 5.97 Å². The van der Waals surface area contributed by atoms with Gasteiger partial charge >= 0.3 is 5.97 Å². The van der Waals surface area contributed by atoms with Gasteiger partial charge in [0.1, 0.15) is 11.4 Å². The average molecular weight is 222 g/mol. The molecule has 0 heterocycles. The molecule has 0 saturated heterocycles. The van der Waals surface area contributed by atoms with Crippen LogP contribution in [0.4, 0.5) is 5.69 Å². The highest BCUT2D eigenvalue weighted by Crippen LogP contribution is 2.30. The van der Waals surface area contributed by atoms with Gasteiger partial charge in [-0.05, 0) is 12.1 Å². The molecule has 16 heavy (non-hydrogen) atoms. The van der Waals surface area contributed by atoms with Gasteiger partial charge in [-0.25, -0.2) is 9.79 Å². The SMILES string of the molecule is COc1cccc(C(=O)O)c1N=CN(C)C. The van der Waals surface area contributed by atoms with Crippen molar-refractivity contribution in [3.05, 3.63) is 23.8 Å². The molecule has 0 saturated carbocycles. The van der Waals surface area contributed by atoms with Gasteiger partial charge in [0.2, 0.25) is 0 Å². The van der Waals surface area contributed by atoms with Crippen LogP contribution in [0.25, 0.3) is 0 Å². The molecule has 0 aromatic heterocycles. The summed E-state index contributed by atoms with van der Waals surface area (Å²) in [5.74, 6) is -0.581. The first-order chi connectivity index (χ1) is 7.56. The van der Waals surface area contributed by atoms with E-state index in [-0.39, 0.29) is 5.56 Å². The van der Waals surface area contributed by atoms with E-state index >= 15 is 0 Å². The lowest BCUT2D eigenvalue weighted by atomic mass is 10.1. The van der Waals surface area contributed by atoms with Gasteiger partial charge in [-0.15, -0.1) is 0 Å². The Morgan fingerprint density at radius 2 is 2.19 bits per heavy atom. The summed E-state index contributed by atoms with van der Waals surface area (Å²) < 4.78 is 5.07. The fourth-order valence-corrected chi connectivity index (χ4v) is 1.17. The minimum absolute atomic E-state index is 0.123.